The zero-order chi connectivity index (χ0) is 22.6. The van der Waals surface area contributed by atoms with Gasteiger partial charge in [-0.3, -0.25) is 4.79 Å². The standard InChI is InChI=1S/C24H25N3O4S/c1-32(29,30)22-9-7-19(8-10-22)21-15-25-24(26-16-21)31-17-18-11-13-27(14-12-18)23(28)20-5-3-2-4-6-20/h2-10,15-16,18H,11-14,17H2,1H3. The molecule has 0 radical (unpaired) electrons. The van der Waals surface area contributed by atoms with Crippen molar-refractivity contribution in [3.05, 3.63) is 72.6 Å². The fraction of sp³-hybridized carbons (Fsp3) is 0.292. The van der Waals surface area contributed by atoms with Crippen molar-refractivity contribution in [1.29, 1.82) is 0 Å². The van der Waals surface area contributed by atoms with Crippen molar-refractivity contribution in [2.75, 3.05) is 26.0 Å². The number of carbonyl (C=O) groups excluding carboxylic acids is 1. The first-order chi connectivity index (χ1) is 15.4. The molecule has 32 heavy (non-hydrogen) atoms. The predicted octanol–water partition coefficient (Wildman–Crippen LogP) is 3.48. The van der Waals surface area contributed by atoms with E-state index in [0.29, 0.717) is 31.6 Å². The van der Waals surface area contributed by atoms with Crippen LogP contribution in [0.4, 0.5) is 0 Å². The number of hydrogen-bond donors (Lipinski definition) is 0. The zero-order valence-electron chi connectivity index (χ0n) is 17.8. The smallest absolute Gasteiger partial charge is 0.316 e. The molecule has 0 atom stereocenters. The Labute approximate surface area is 188 Å². The van der Waals surface area contributed by atoms with Gasteiger partial charge in [-0.2, -0.15) is 0 Å². The molecule has 1 saturated heterocycles. The third-order valence-corrected chi connectivity index (χ3v) is 6.74. The summed E-state index contributed by atoms with van der Waals surface area (Å²) in [6.45, 7) is 1.94. The molecule has 1 aliphatic heterocycles. The average Bonchev–Trinajstić information content (AvgIpc) is 2.83. The number of ether oxygens (including phenoxy) is 1. The van der Waals surface area contributed by atoms with Crippen LogP contribution in [0.3, 0.4) is 0 Å². The van der Waals surface area contributed by atoms with Crippen LogP contribution in [0.1, 0.15) is 23.2 Å². The molecule has 2 aromatic carbocycles. The van der Waals surface area contributed by atoms with Gasteiger partial charge in [-0.25, -0.2) is 18.4 Å². The largest absolute Gasteiger partial charge is 0.463 e. The van der Waals surface area contributed by atoms with E-state index in [1.807, 2.05) is 35.2 Å². The molecule has 3 aromatic rings. The molecule has 7 nitrogen and oxygen atoms in total. The second-order valence-corrected chi connectivity index (χ2v) is 9.98. The minimum Gasteiger partial charge on any atom is -0.463 e. The van der Waals surface area contributed by atoms with Crippen molar-refractivity contribution in [3.8, 4) is 17.1 Å². The number of amides is 1. The van der Waals surface area contributed by atoms with Crippen molar-refractivity contribution in [3.63, 3.8) is 0 Å². The van der Waals surface area contributed by atoms with E-state index in [1.54, 1.807) is 36.7 Å². The van der Waals surface area contributed by atoms with E-state index < -0.39 is 9.84 Å². The number of nitrogens with zero attached hydrogens (tertiary/aromatic N) is 3. The molecule has 0 spiro atoms. The normalized spacial score (nSPS) is 14.8. The summed E-state index contributed by atoms with van der Waals surface area (Å²) in [5.74, 6) is 0.426. The number of carbonyl (C=O) groups is 1. The van der Waals surface area contributed by atoms with Gasteiger partial charge in [0.2, 0.25) is 0 Å². The summed E-state index contributed by atoms with van der Waals surface area (Å²) in [5, 5.41) is 0. The van der Waals surface area contributed by atoms with Crippen LogP contribution in [-0.2, 0) is 9.84 Å². The summed E-state index contributed by atoms with van der Waals surface area (Å²) in [5.41, 5.74) is 2.34. The highest BCUT2D eigenvalue weighted by atomic mass is 32.2. The lowest BCUT2D eigenvalue weighted by Crippen LogP contribution is -2.39. The average molecular weight is 452 g/mol. The topological polar surface area (TPSA) is 89.5 Å². The molecule has 0 saturated carbocycles. The van der Waals surface area contributed by atoms with Crippen molar-refractivity contribution >= 4 is 15.7 Å². The van der Waals surface area contributed by atoms with Crippen LogP contribution >= 0.6 is 0 Å². The lowest BCUT2D eigenvalue weighted by atomic mass is 9.97. The maximum Gasteiger partial charge on any atom is 0.316 e. The third kappa shape index (κ3) is 5.31. The van der Waals surface area contributed by atoms with Crippen molar-refractivity contribution in [2.45, 2.75) is 17.7 Å². The lowest BCUT2D eigenvalue weighted by Gasteiger charge is -2.31. The van der Waals surface area contributed by atoms with Gasteiger partial charge in [-0.15, -0.1) is 0 Å². The first-order valence-corrected chi connectivity index (χ1v) is 12.4. The van der Waals surface area contributed by atoms with E-state index in [-0.39, 0.29) is 10.8 Å². The molecule has 8 heteroatoms. The van der Waals surface area contributed by atoms with Gasteiger partial charge in [0.05, 0.1) is 11.5 Å². The van der Waals surface area contributed by atoms with Crippen LogP contribution < -0.4 is 4.74 Å². The third-order valence-electron chi connectivity index (χ3n) is 5.61. The Balaban J connectivity index is 1.27. The van der Waals surface area contributed by atoms with Crippen molar-refractivity contribution < 1.29 is 17.9 Å². The summed E-state index contributed by atoms with van der Waals surface area (Å²) >= 11 is 0. The Hall–Kier alpha value is -3.26. The van der Waals surface area contributed by atoms with Crippen LogP contribution in [0.5, 0.6) is 6.01 Å². The van der Waals surface area contributed by atoms with E-state index in [1.165, 1.54) is 6.26 Å². The Kier molecular flexibility index (Phi) is 6.50. The first kappa shape index (κ1) is 22.0. The van der Waals surface area contributed by atoms with Crippen LogP contribution in [0, 0.1) is 5.92 Å². The first-order valence-electron chi connectivity index (χ1n) is 10.5. The molecule has 4 rings (SSSR count). The zero-order valence-corrected chi connectivity index (χ0v) is 18.7. The van der Waals surface area contributed by atoms with Crippen LogP contribution in [0.15, 0.2) is 71.9 Å². The van der Waals surface area contributed by atoms with E-state index in [2.05, 4.69) is 9.97 Å². The summed E-state index contributed by atoms with van der Waals surface area (Å²) in [7, 11) is -3.22. The molecular formula is C24H25N3O4S. The number of hydrogen-bond acceptors (Lipinski definition) is 6. The molecule has 2 heterocycles. The van der Waals surface area contributed by atoms with Gasteiger partial charge in [0.15, 0.2) is 9.84 Å². The molecule has 1 aliphatic rings. The number of likely N-dealkylation sites (tertiary alicyclic amines) is 1. The van der Waals surface area contributed by atoms with Gasteiger partial charge >= 0.3 is 6.01 Å². The second kappa shape index (κ2) is 9.48. The highest BCUT2D eigenvalue weighted by molar-refractivity contribution is 7.90. The van der Waals surface area contributed by atoms with Gasteiger partial charge < -0.3 is 9.64 Å². The Morgan fingerprint density at radius 1 is 0.969 bits per heavy atom. The highest BCUT2D eigenvalue weighted by Gasteiger charge is 2.24. The SMILES string of the molecule is CS(=O)(=O)c1ccc(-c2cnc(OCC3CCN(C(=O)c4ccccc4)CC3)nc2)cc1. The fourth-order valence-corrected chi connectivity index (χ4v) is 4.32. The number of rotatable bonds is 6. The van der Waals surface area contributed by atoms with Crippen LogP contribution in [-0.4, -0.2) is 55.1 Å². The molecular weight excluding hydrogens is 426 g/mol. The summed E-state index contributed by atoms with van der Waals surface area (Å²) in [6.07, 6.45) is 6.27. The Bertz CT molecular complexity index is 1160. The van der Waals surface area contributed by atoms with E-state index >= 15 is 0 Å². The van der Waals surface area contributed by atoms with Crippen molar-refractivity contribution in [2.24, 2.45) is 5.92 Å². The highest BCUT2D eigenvalue weighted by Crippen LogP contribution is 2.22. The molecule has 1 fully saturated rings. The van der Waals surface area contributed by atoms with Gasteiger partial charge in [0.25, 0.3) is 5.91 Å². The Morgan fingerprint density at radius 3 is 2.19 bits per heavy atom. The molecule has 166 valence electrons. The van der Waals surface area contributed by atoms with Gasteiger partial charge in [-0.05, 0) is 48.6 Å². The fourth-order valence-electron chi connectivity index (χ4n) is 3.69. The van der Waals surface area contributed by atoms with Crippen LogP contribution in [0.2, 0.25) is 0 Å². The molecule has 0 bridgehead atoms. The van der Waals surface area contributed by atoms with Crippen LogP contribution in [0.25, 0.3) is 11.1 Å². The molecule has 1 amide bonds. The Morgan fingerprint density at radius 2 is 1.59 bits per heavy atom. The number of piperidine rings is 1. The van der Waals surface area contributed by atoms with E-state index in [4.69, 9.17) is 4.74 Å². The molecule has 0 N–H and O–H groups in total. The lowest BCUT2D eigenvalue weighted by molar-refractivity contribution is 0.0657. The maximum absolute atomic E-state index is 12.5. The quantitative estimate of drug-likeness (QED) is 0.570. The van der Waals surface area contributed by atoms with E-state index in [0.717, 1.165) is 29.5 Å². The van der Waals surface area contributed by atoms with Gasteiger partial charge in [0, 0.05) is 42.9 Å². The van der Waals surface area contributed by atoms with Gasteiger partial charge in [-0.1, -0.05) is 30.3 Å². The van der Waals surface area contributed by atoms with E-state index in [9.17, 15) is 13.2 Å². The minimum atomic E-state index is -3.22. The molecule has 1 aromatic heterocycles. The second-order valence-electron chi connectivity index (χ2n) is 7.96. The summed E-state index contributed by atoms with van der Waals surface area (Å²) in [6, 6.07) is 16.3. The number of aromatic nitrogens is 2. The maximum atomic E-state index is 12.5. The predicted molar refractivity (Wildman–Crippen MR) is 121 cm³/mol. The summed E-state index contributed by atoms with van der Waals surface area (Å²) < 4.78 is 28.9. The molecule has 0 aliphatic carbocycles. The molecule has 0 unspecified atom stereocenters. The van der Waals surface area contributed by atoms with Gasteiger partial charge in [0.1, 0.15) is 0 Å². The summed E-state index contributed by atoms with van der Waals surface area (Å²) in [4.78, 5) is 23.3. The number of sulfone groups is 1. The number of benzene rings is 2. The monoisotopic (exact) mass is 451 g/mol. The van der Waals surface area contributed by atoms with Crippen molar-refractivity contribution in [1.82, 2.24) is 14.9 Å². The minimum absolute atomic E-state index is 0.0773.